The average molecular weight is 406 g/mol. The molecule has 1 amide bonds. The lowest BCUT2D eigenvalue weighted by molar-refractivity contribution is -0.129. The molecule has 156 valence electrons. The van der Waals surface area contributed by atoms with Gasteiger partial charge in [0.25, 0.3) is 0 Å². The Morgan fingerprint density at radius 2 is 1.77 bits per heavy atom. The zero-order valence-electron chi connectivity index (χ0n) is 17.2. The third-order valence-corrected chi connectivity index (χ3v) is 6.04. The Labute approximate surface area is 175 Å². The number of amides is 1. The summed E-state index contributed by atoms with van der Waals surface area (Å²) in [6, 6.07) is 10.1. The molecule has 3 aromatic rings. The smallest absolute Gasteiger partial charge is 0.219 e. The Bertz CT molecular complexity index is 1040. The summed E-state index contributed by atoms with van der Waals surface area (Å²) in [6.07, 6.45) is 3.73. The van der Waals surface area contributed by atoms with Crippen molar-refractivity contribution in [2.75, 3.05) is 44.3 Å². The SMILES string of the molecule is CC(=O)N1CCN(c2nc(C3CCOCC3)nc3c2cnn3-c2ccccc2)CC1. The van der Waals surface area contributed by atoms with E-state index in [4.69, 9.17) is 14.7 Å². The first kappa shape index (κ1) is 19.0. The Kier molecular flexibility index (Phi) is 5.08. The first-order valence-corrected chi connectivity index (χ1v) is 10.6. The number of carbonyl (C=O) groups excluding carboxylic acids is 1. The highest BCUT2D eigenvalue weighted by molar-refractivity contribution is 5.88. The van der Waals surface area contributed by atoms with Gasteiger partial charge in [-0.25, -0.2) is 14.6 Å². The lowest BCUT2D eigenvalue weighted by Gasteiger charge is -2.35. The summed E-state index contributed by atoms with van der Waals surface area (Å²) >= 11 is 0. The highest BCUT2D eigenvalue weighted by atomic mass is 16.5. The number of hydrogen-bond donors (Lipinski definition) is 0. The first-order chi connectivity index (χ1) is 14.7. The Hall–Kier alpha value is -3.00. The zero-order chi connectivity index (χ0) is 20.5. The molecule has 0 spiro atoms. The van der Waals surface area contributed by atoms with Gasteiger partial charge in [-0.1, -0.05) is 18.2 Å². The molecule has 0 bridgehead atoms. The normalized spacial score (nSPS) is 18.2. The summed E-state index contributed by atoms with van der Waals surface area (Å²) in [4.78, 5) is 25.9. The van der Waals surface area contributed by atoms with Crippen LogP contribution in [0.15, 0.2) is 36.5 Å². The molecule has 2 aliphatic rings. The van der Waals surface area contributed by atoms with Crippen LogP contribution < -0.4 is 4.90 Å². The minimum Gasteiger partial charge on any atom is -0.381 e. The monoisotopic (exact) mass is 406 g/mol. The summed E-state index contributed by atoms with van der Waals surface area (Å²) in [7, 11) is 0. The average Bonchev–Trinajstić information content (AvgIpc) is 3.24. The van der Waals surface area contributed by atoms with Crippen LogP contribution in [0.4, 0.5) is 5.82 Å². The van der Waals surface area contributed by atoms with E-state index >= 15 is 0 Å². The molecule has 2 aromatic heterocycles. The second-order valence-corrected chi connectivity index (χ2v) is 7.91. The maximum atomic E-state index is 11.7. The van der Waals surface area contributed by atoms with E-state index in [1.807, 2.05) is 46.1 Å². The quantitative estimate of drug-likeness (QED) is 0.665. The standard InChI is InChI=1S/C22H26N6O2/c1-16(29)26-9-11-27(12-10-26)21-19-15-23-28(18-5-3-2-4-6-18)22(19)25-20(24-21)17-7-13-30-14-8-17/h2-6,15,17H,7-14H2,1H3. The van der Waals surface area contributed by atoms with Gasteiger partial charge in [0.05, 0.1) is 17.3 Å². The molecule has 0 atom stereocenters. The van der Waals surface area contributed by atoms with E-state index in [0.717, 1.165) is 67.5 Å². The number of hydrogen-bond acceptors (Lipinski definition) is 6. The van der Waals surface area contributed by atoms with Crippen LogP contribution in [0.3, 0.4) is 0 Å². The van der Waals surface area contributed by atoms with Crippen molar-refractivity contribution in [3.8, 4) is 5.69 Å². The predicted octanol–water partition coefficient (Wildman–Crippen LogP) is 2.38. The van der Waals surface area contributed by atoms with Gasteiger partial charge in [-0.05, 0) is 25.0 Å². The number of para-hydroxylation sites is 1. The van der Waals surface area contributed by atoms with Gasteiger partial charge in [-0.3, -0.25) is 4.79 Å². The summed E-state index contributed by atoms with van der Waals surface area (Å²) in [5, 5.41) is 5.60. The van der Waals surface area contributed by atoms with Gasteiger partial charge in [0.15, 0.2) is 5.65 Å². The molecule has 1 aromatic carbocycles. The van der Waals surface area contributed by atoms with Crippen molar-refractivity contribution in [1.82, 2.24) is 24.6 Å². The van der Waals surface area contributed by atoms with Crippen LogP contribution in [0.2, 0.25) is 0 Å². The van der Waals surface area contributed by atoms with Crippen LogP contribution in [-0.4, -0.2) is 69.9 Å². The Balaban J connectivity index is 1.58. The van der Waals surface area contributed by atoms with Crippen molar-refractivity contribution in [2.45, 2.75) is 25.7 Å². The van der Waals surface area contributed by atoms with E-state index in [1.165, 1.54) is 0 Å². The molecule has 8 nitrogen and oxygen atoms in total. The Morgan fingerprint density at radius 3 is 2.47 bits per heavy atom. The van der Waals surface area contributed by atoms with E-state index in [2.05, 4.69) is 10.00 Å². The number of rotatable bonds is 3. The van der Waals surface area contributed by atoms with Crippen LogP contribution in [0.5, 0.6) is 0 Å². The topological polar surface area (TPSA) is 76.4 Å². The predicted molar refractivity (Wildman–Crippen MR) is 114 cm³/mol. The van der Waals surface area contributed by atoms with Gasteiger partial charge in [0.2, 0.25) is 5.91 Å². The van der Waals surface area contributed by atoms with Gasteiger partial charge in [0.1, 0.15) is 11.6 Å². The second kappa shape index (κ2) is 8.02. The zero-order valence-corrected chi connectivity index (χ0v) is 17.2. The van der Waals surface area contributed by atoms with Gasteiger partial charge >= 0.3 is 0 Å². The molecule has 30 heavy (non-hydrogen) atoms. The van der Waals surface area contributed by atoms with Crippen LogP contribution in [0.1, 0.15) is 31.5 Å². The summed E-state index contributed by atoms with van der Waals surface area (Å²) in [5.41, 5.74) is 1.82. The molecule has 2 aliphatic heterocycles. The van der Waals surface area contributed by atoms with Crippen LogP contribution in [-0.2, 0) is 9.53 Å². The molecular weight excluding hydrogens is 380 g/mol. The van der Waals surface area contributed by atoms with E-state index in [-0.39, 0.29) is 5.91 Å². The highest BCUT2D eigenvalue weighted by Gasteiger charge is 2.26. The first-order valence-electron chi connectivity index (χ1n) is 10.6. The van der Waals surface area contributed by atoms with Crippen molar-refractivity contribution >= 4 is 22.8 Å². The molecular formula is C22H26N6O2. The number of anilines is 1. The number of ether oxygens (including phenoxy) is 1. The van der Waals surface area contributed by atoms with Gasteiger partial charge in [-0.2, -0.15) is 5.10 Å². The lowest BCUT2D eigenvalue weighted by atomic mass is 9.99. The number of nitrogens with zero attached hydrogens (tertiary/aromatic N) is 6. The van der Waals surface area contributed by atoms with E-state index in [1.54, 1.807) is 6.92 Å². The van der Waals surface area contributed by atoms with Crippen molar-refractivity contribution in [3.05, 3.63) is 42.4 Å². The molecule has 4 heterocycles. The lowest BCUT2D eigenvalue weighted by Crippen LogP contribution is -2.48. The summed E-state index contributed by atoms with van der Waals surface area (Å²) < 4.78 is 7.44. The maximum Gasteiger partial charge on any atom is 0.219 e. The number of piperazine rings is 1. The molecule has 5 rings (SSSR count). The molecule has 8 heteroatoms. The van der Waals surface area contributed by atoms with Gasteiger partial charge < -0.3 is 14.5 Å². The third kappa shape index (κ3) is 3.52. The molecule has 0 N–H and O–H groups in total. The fraction of sp³-hybridized carbons (Fsp3) is 0.455. The number of aromatic nitrogens is 4. The number of fused-ring (bicyclic) bond motifs is 1. The Morgan fingerprint density at radius 1 is 1.03 bits per heavy atom. The van der Waals surface area contributed by atoms with Gasteiger partial charge in [0, 0.05) is 52.2 Å². The molecule has 0 unspecified atom stereocenters. The molecule has 0 radical (unpaired) electrons. The summed E-state index contributed by atoms with van der Waals surface area (Å²) in [6.45, 7) is 6.06. The van der Waals surface area contributed by atoms with E-state index < -0.39 is 0 Å². The third-order valence-electron chi connectivity index (χ3n) is 6.04. The second-order valence-electron chi connectivity index (χ2n) is 7.91. The number of carbonyl (C=O) groups is 1. The molecule has 2 fully saturated rings. The highest BCUT2D eigenvalue weighted by Crippen LogP contribution is 2.31. The molecule has 2 saturated heterocycles. The fourth-order valence-corrected chi connectivity index (χ4v) is 4.28. The van der Waals surface area contributed by atoms with E-state index in [0.29, 0.717) is 19.0 Å². The molecule has 0 aliphatic carbocycles. The largest absolute Gasteiger partial charge is 0.381 e. The number of benzene rings is 1. The minimum atomic E-state index is 0.127. The summed E-state index contributed by atoms with van der Waals surface area (Å²) in [5.74, 6) is 2.21. The minimum absolute atomic E-state index is 0.127. The van der Waals surface area contributed by atoms with Crippen molar-refractivity contribution in [3.63, 3.8) is 0 Å². The van der Waals surface area contributed by atoms with Crippen LogP contribution in [0.25, 0.3) is 16.7 Å². The van der Waals surface area contributed by atoms with Crippen molar-refractivity contribution in [2.24, 2.45) is 0 Å². The molecule has 0 saturated carbocycles. The van der Waals surface area contributed by atoms with Crippen molar-refractivity contribution in [1.29, 1.82) is 0 Å². The van der Waals surface area contributed by atoms with E-state index in [9.17, 15) is 4.79 Å². The fourth-order valence-electron chi connectivity index (χ4n) is 4.28. The van der Waals surface area contributed by atoms with Crippen LogP contribution >= 0.6 is 0 Å². The maximum absolute atomic E-state index is 11.7. The van der Waals surface area contributed by atoms with Crippen molar-refractivity contribution < 1.29 is 9.53 Å². The van der Waals surface area contributed by atoms with Gasteiger partial charge in [-0.15, -0.1) is 0 Å². The van der Waals surface area contributed by atoms with Crippen LogP contribution in [0, 0.1) is 0 Å².